The molecule has 0 aliphatic heterocycles. The van der Waals surface area contributed by atoms with Gasteiger partial charge in [0.2, 0.25) is 0 Å². The van der Waals surface area contributed by atoms with Gasteiger partial charge in [0.25, 0.3) is 0 Å². The van der Waals surface area contributed by atoms with Crippen molar-refractivity contribution in [3.63, 3.8) is 0 Å². The van der Waals surface area contributed by atoms with E-state index in [0.717, 1.165) is 0 Å². The van der Waals surface area contributed by atoms with Crippen molar-refractivity contribution < 1.29 is 13.9 Å². The SMILES string of the molecule is C[C@H](F)CNC(=O)OC(C)(C)C. The summed E-state index contributed by atoms with van der Waals surface area (Å²) in [6.07, 6.45) is -1.62. The molecule has 0 heterocycles. The standard InChI is InChI=1S/C8H16FNO2/c1-6(9)5-10-7(11)12-8(2,3)4/h6H,5H2,1-4H3,(H,10,11)/t6-/m0/s1. The van der Waals surface area contributed by atoms with Gasteiger partial charge >= 0.3 is 6.09 Å². The number of carbonyl (C=O) groups is 1. The number of alkyl halides is 1. The van der Waals surface area contributed by atoms with Gasteiger partial charge in [0.15, 0.2) is 0 Å². The van der Waals surface area contributed by atoms with Crippen LogP contribution in [-0.4, -0.2) is 24.4 Å². The molecule has 3 nitrogen and oxygen atoms in total. The fraction of sp³-hybridized carbons (Fsp3) is 0.875. The van der Waals surface area contributed by atoms with E-state index in [4.69, 9.17) is 4.74 Å². The van der Waals surface area contributed by atoms with Crippen LogP contribution in [0.25, 0.3) is 0 Å². The molecule has 0 rings (SSSR count). The van der Waals surface area contributed by atoms with Crippen LogP contribution < -0.4 is 5.32 Å². The zero-order valence-corrected chi connectivity index (χ0v) is 7.98. The Morgan fingerprint density at radius 2 is 2.08 bits per heavy atom. The minimum Gasteiger partial charge on any atom is -0.444 e. The minimum atomic E-state index is -1.04. The quantitative estimate of drug-likeness (QED) is 0.699. The van der Waals surface area contributed by atoms with Gasteiger partial charge in [0.05, 0.1) is 6.54 Å². The number of carbonyl (C=O) groups excluding carboxylic acids is 1. The molecule has 72 valence electrons. The van der Waals surface area contributed by atoms with Crippen LogP contribution in [0.3, 0.4) is 0 Å². The van der Waals surface area contributed by atoms with E-state index in [9.17, 15) is 9.18 Å². The van der Waals surface area contributed by atoms with Crippen LogP contribution in [0, 0.1) is 0 Å². The average Bonchev–Trinajstić information content (AvgIpc) is 1.79. The molecule has 0 aliphatic rings. The molecule has 0 saturated heterocycles. The van der Waals surface area contributed by atoms with Gasteiger partial charge < -0.3 is 10.1 Å². The molecule has 0 aromatic carbocycles. The summed E-state index contributed by atoms with van der Waals surface area (Å²) < 4.78 is 17.1. The number of alkyl carbamates (subject to hydrolysis) is 1. The predicted octanol–water partition coefficient (Wildman–Crippen LogP) is 1.87. The van der Waals surface area contributed by atoms with E-state index in [1.807, 2.05) is 0 Å². The van der Waals surface area contributed by atoms with E-state index in [-0.39, 0.29) is 6.54 Å². The van der Waals surface area contributed by atoms with Crippen molar-refractivity contribution in [3.05, 3.63) is 0 Å². The summed E-state index contributed by atoms with van der Waals surface area (Å²) in [5.41, 5.74) is -0.524. The van der Waals surface area contributed by atoms with Crippen molar-refractivity contribution in [1.29, 1.82) is 0 Å². The number of ether oxygens (including phenoxy) is 1. The first-order chi connectivity index (χ1) is 5.31. The molecule has 0 aliphatic carbocycles. The first-order valence-corrected chi connectivity index (χ1v) is 3.92. The largest absolute Gasteiger partial charge is 0.444 e. The molecule has 0 bridgehead atoms. The molecule has 0 aromatic rings. The lowest BCUT2D eigenvalue weighted by molar-refractivity contribution is 0.0515. The topological polar surface area (TPSA) is 38.3 Å². The van der Waals surface area contributed by atoms with Gasteiger partial charge in [-0.1, -0.05) is 0 Å². The molecule has 0 unspecified atom stereocenters. The number of halogens is 1. The molecule has 0 aromatic heterocycles. The zero-order chi connectivity index (χ0) is 9.78. The van der Waals surface area contributed by atoms with Crippen LogP contribution in [0.1, 0.15) is 27.7 Å². The Labute approximate surface area is 72.3 Å². The Hall–Kier alpha value is -0.800. The van der Waals surface area contributed by atoms with Gasteiger partial charge in [-0.3, -0.25) is 0 Å². The summed E-state index contributed by atoms with van der Waals surface area (Å²) in [6, 6.07) is 0. The van der Waals surface area contributed by atoms with Crippen LogP contribution in [0.5, 0.6) is 0 Å². The third-order valence-corrected chi connectivity index (χ3v) is 0.927. The second-order valence-electron chi connectivity index (χ2n) is 3.66. The zero-order valence-electron chi connectivity index (χ0n) is 7.98. The average molecular weight is 177 g/mol. The van der Waals surface area contributed by atoms with Crippen LogP contribution >= 0.6 is 0 Å². The van der Waals surface area contributed by atoms with Gasteiger partial charge in [-0.25, -0.2) is 9.18 Å². The third-order valence-electron chi connectivity index (χ3n) is 0.927. The number of amides is 1. The highest BCUT2D eigenvalue weighted by Crippen LogP contribution is 2.06. The van der Waals surface area contributed by atoms with E-state index < -0.39 is 17.9 Å². The maximum Gasteiger partial charge on any atom is 0.407 e. The maximum atomic E-state index is 12.2. The molecule has 0 spiro atoms. The van der Waals surface area contributed by atoms with Crippen LogP contribution in [0.15, 0.2) is 0 Å². The van der Waals surface area contributed by atoms with Crippen LogP contribution in [0.2, 0.25) is 0 Å². The monoisotopic (exact) mass is 177 g/mol. The van der Waals surface area contributed by atoms with Crippen molar-refractivity contribution in [1.82, 2.24) is 5.32 Å². The highest BCUT2D eigenvalue weighted by atomic mass is 19.1. The molecule has 0 fully saturated rings. The van der Waals surface area contributed by atoms with Crippen LogP contribution in [0.4, 0.5) is 9.18 Å². The molecular formula is C8H16FNO2. The Bertz CT molecular complexity index is 152. The minimum absolute atomic E-state index is 0.00505. The van der Waals surface area contributed by atoms with Crippen molar-refractivity contribution in [2.75, 3.05) is 6.54 Å². The highest BCUT2D eigenvalue weighted by molar-refractivity contribution is 5.67. The summed E-state index contributed by atoms with van der Waals surface area (Å²) in [7, 11) is 0. The highest BCUT2D eigenvalue weighted by Gasteiger charge is 2.15. The maximum absolute atomic E-state index is 12.2. The normalized spacial score (nSPS) is 13.8. The van der Waals surface area contributed by atoms with Gasteiger partial charge in [0, 0.05) is 0 Å². The summed E-state index contributed by atoms with van der Waals surface area (Å²) in [5, 5.41) is 2.30. The molecule has 0 radical (unpaired) electrons. The Morgan fingerprint density at radius 3 is 2.42 bits per heavy atom. The Kier molecular flexibility index (Phi) is 4.00. The molecule has 4 heteroatoms. The Morgan fingerprint density at radius 1 is 1.58 bits per heavy atom. The lowest BCUT2D eigenvalue weighted by atomic mass is 10.2. The van der Waals surface area contributed by atoms with Crippen LogP contribution in [-0.2, 0) is 4.74 Å². The predicted molar refractivity (Wildman–Crippen MR) is 44.8 cm³/mol. The summed E-state index contributed by atoms with van der Waals surface area (Å²) in [5.74, 6) is 0. The first-order valence-electron chi connectivity index (χ1n) is 3.92. The smallest absolute Gasteiger partial charge is 0.407 e. The van der Waals surface area contributed by atoms with Crippen molar-refractivity contribution in [3.8, 4) is 0 Å². The lowest BCUT2D eigenvalue weighted by Gasteiger charge is -2.19. The van der Waals surface area contributed by atoms with E-state index in [0.29, 0.717) is 0 Å². The van der Waals surface area contributed by atoms with Crippen molar-refractivity contribution >= 4 is 6.09 Å². The number of rotatable bonds is 2. The molecule has 1 amide bonds. The fourth-order valence-corrected chi connectivity index (χ4v) is 0.538. The van der Waals surface area contributed by atoms with E-state index in [1.54, 1.807) is 20.8 Å². The fourth-order valence-electron chi connectivity index (χ4n) is 0.538. The summed E-state index contributed by atoms with van der Waals surface area (Å²) >= 11 is 0. The second kappa shape index (κ2) is 4.28. The first kappa shape index (κ1) is 11.2. The van der Waals surface area contributed by atoms with E-state index >= 15 is 0 Å². The second-order valence-corrected chi connectivity index (χ2v) is 3.66. The number of hydrogen-bond acceptors (Lipinski definition) is 2. The van der Waals surface area contributed by atoms with E-state index in [1.165, 1.54) is 6.92 Å². The van der Waals surface area contributed by atoms with Gasteiger partial charge in [0.1, 0.15) is 11.8 Å². The van der Waals surface area contributed by atoms with Gasteiger partial charge in [-0.05, 0) is 27.7 Å². The number of nitrogens with one attached hydrogen (secondary N) is 1. The van der Waals surface area contributed by atoms with Gasteiger partial charge in [-0.15, -0.1) is 0 Å². The van der Waals surface area contributed by atoms with Gasteiger partial charge in [-0.2, -0.15) is 0 Å². The summed E-state index contributed by atoms with van der Waals surface area (Å²) in [6.45, 7) is 6.63. The van der Waals surface area contributed by atoms with Crippen molar-refractivity contribution in [2.24, 2.45) is 0 Å². The molecular weight excluding hydrogens is 161 g/mol. The van der Waals surface area contributed by atoms with E-state index in [2.05, 4.69) is 5.32 Å². The van der Waals surface area contributed by atoms with Crippen molar-refractivity contribution in [2.45, 2.75) is 39.5 Å². The lowest BCUT2D eigenvalue weighted by Crippen LogP contribution is -2.35. The molecule has 12 heavy (non-hydrogen) atoms. The molecule has 0 saturated carbocycles. The molecule has 1 atom stereocenters. The summed E-state index contributed by atoms with van der Waals surface area (Å²) in [4.78, 5) is 10.9. The molecule has 1 N–H and O–H groups in total. The third kappa shape index (κ3) is 7.31. The Balaban J connectivity index is 3.61. The number of hydrogen-bond donors (Lipinski definition) is 1.